The second-order valence-electron chi connectivity index (χ2n) is 21.5. The molecule has 0 bridgehead atoms. The number of ether oxygens (including phenoxy) is 2. The number of piperidine rings is 2. The first-order valence-corrected chi connectivity index (χ1v) is 33.0. The van der Waals surface area contributed by atoms with Gasteiger partial charge in [0.1, 0.15) is 38.4 Å². The molecule has 2 unspecified atom stereocenters. The summed E-state index contributed by atoms with van der Waals surface area (Å²) < 4.78 is 10.7. The van der Waals surface area contributed by atoms with E-state index in [1.807, 2.05) is 88.4 Å². The molecule has 2 saturated heterocycles. The number of nitrogens with one attached hydrogen (secondary N) is 4. The maximum Gasteiger partial charge on any atom is 0.411 e. The van der Waals surface area contributed by atoms with Crippen LogP contribution in [0.4, 0.5) is 21.0 Å². The minimum absolute atomic E-state index is 0.00247. The first-order valence-electron chi connectivity index (χ1n) is 28.5. The van der Waals surface area contributed by atoms with Gasteiger partial charge in [-0.3, -0.25) is 68.4 Å². The number of hydrogen-bond donors (Lipinski definition) is 6. The van der Waals surface area contributed by atoms with Crippen LogP contribution in [0.3, 0.4) is 0 Å². The van der Waals surface area contributed by atoms with Crippen LogP contribution in [0.25, 0.3) is 0 Å². The largest absolute Gasteiger partial charge is 0.480 e. The number of amides is 10. The quantitative estimate of drug-likeness (QED) is 0.0253. The summed E-state index contributed by atoms with van der Waals surface area (Å²) >= 11 is 0. The Morgan fingerprint density at radius 1 is 0.533 bits per heavy atom. The van der Waals surface area contributed by atoms with Gasteiger partial charge in [-0.15, -0.1) is 0 Å². The molecule has 0 saturated carbocycles. The van der Waals surface area contributed by atoms with Gasteiger partial charge in [0.2, 0.25) is 23.6 Å². The highest BCUT2D eigenvalue weighted by molar-refractivity contribution is 8.77. The fourth-order valence-corrected chi connectivity index (χ4v) is 14.2. The lowest BCUT2D eigenvalue weighted by Gasteiger charge is -2.29. The Balaban J connectivity index is 0.000000256. The summed E-state index contributed by atoms with van der Waals surface area (Å²) in [5.41, 5.74) is 3.08. The fourth-order valence-electron chi connectivity index (χ4n) is 9.73. The minimum atomic E-state index is -1.09. The molecule has 24 nitrogen and oxygen atoms in total. The summed E-state index contributed by atoms with van der Waals surface area (Å²) in [6, 6.07) is 25.4. The molecular formula is C62H68N8O16S4. The summed E-state index contributed by atoms with van der Waals surface area (Å²) in [6.07, 6.45) is 0.00699. The second-order valence-corrected chi connectivity index (χ2v) is 27.8. The van der Waals surface area contributed by atoms with Gasteiger partial charge in [-0.1, -0.05) is 143 Å². The number of imide groups is 2. The van der Waals surface area contributed by atoms with Gasteiger partial charge in [0, 0.05) is 58.3 Å². The molecule has 4 heterocycles. The minimum Gasteiger partial charge on any atom is -0.480 e. The summed E-state index contributed by atoms with van der Waals surface area (Å²) in [5.74, 6) is -6.26. The van der Waals surface area contributed by atoms with Gasteiger partial charge < -0.3 is 40.1 Å². The van der Waals surface area contributed by atoms with Crippen molar-refractivity contribution in [2.24, 2.45) is 0 Å². The zero-order valence-electron chi connectivity index (χ0n) is 49.6. The number of anilines is 2. The zero-order valence-corrected chi connectivity index (χ0v) is 52.9. The smallest absolute Gasteiger partial charge is 0.411 e. The van der Waals surface area contributed by atoms with Gasteiger partial charge in [0.05, 0.1) is 33.6 Å². The van der Waals surface area contributed by atoms with E-state index >= 15 is 0 Å². The third kappa shape index (κ3) is 18.7. The highest BCUT2D eigenvalue weighted by atomic mass is 33.1. The molecule has 10 amide bonds. The van der Waals surface area contributed by atoms with Crippen molar-refractivity contribution in [3.8, 4) is 0 Å². The maximum absolute atomic E-state index is 13.3. The van der Waals surface area contributed by atoms with Gasteiger partial charge in [-0.05, 0) is 74.9 Å². The van der Waals surface area contributed by atoms with E-state index in [-0.39, 0.29) is 118 Å². The molecule has 6 N–H and O–H groups in total. The van der Waals surface area contributed by atoms with Gasteiger partial charge in [-0.2, -0.15) is 0 Å². The highest BCUT2D eigenvalue weighted by Crippen LogP contribution is 2.37. The van der Waals surface area contributed by atoms with Crippen LogP contribution in [0.5, 0.6) is 0 Å². The number of carboxylic acids is 2. The van der Waals surface area contributed by atoms with Crippen molar-refractivity contribution in [2.75, 3.05) is 36.9 Å². The van der Waals surface area contributed by atoms with Crippen LogP contribution in [0.2, 0.25) is 0 Å². The van der Waals surface area contributed by atoms with E-state index in [9.17, 15) is 67.7 Å². The third-order valence-corrected chi connectivity index (χ3v) is 20.8. The number of fused-ring (bicyclic) bond motifs is 2. The first-order chi connectivity index (χ1) is 42.9. The molecule has 0 aliphatic carbocycles. The van der Waals surface area contributed by atoms with Crippen molar-refractivity contribution < 1.29 is 77.2 Å². The Bertz CT molecular complexity index is 3230. The van der Waals surface area contributed by atoms with Crippen LogP contribution in [0.15, 0.2) is 122 Å². The van der Waals surface area contributed by atoms with E-state index in [0.717, 1.165) is 20.9 Å². The number of aliphatic carboxylic acids is 2. The van der Waals surface area contributed by atoms with E-state index in [4.69, 9.17) is 9.47 Å². The molecular weight excluding hydrogens is 1240 g/mol. The summed E-state index contributed by atoms with van der Waals surface area (Å²) in [6.45, 7) is 14.5. The van der Waals surface area contributed by atoms with Crippen molar-refractivity contribution in [3.05, 3.63) is 155 Å². The molecule has 4 aliphatic rings. The molecule has 4 aromatic carbocycles. The lowest BCUT2D eigenvalue weighted by Crippen LogP contribution is -2.51. The number of nitrogens with zero attached hydrogens (tertiary/aromatic N) is 4. The summed E-state index contributed by atoms with van der Waals surface area (Å²) in [4.78, 5) is 156. The molecule has 0 radical (unpaired) electrons. The topological polar surface area (TPSA) is 325 Å². The van der Waals surface area contributed by atoms with E-state index in [1.165, 1.54) is 89.4 Å². The van der Waals surface area contributed by atoms with Crippen LogP contribution in [-0.2, 0) is 51.3 Å². The van der Waals surface area contributed by atoms with Gasteiger partial charge in [-0.25, -0.2) is 9.59 Å². The van der Waals surface area contributed by atoms with Crippen molar-refractivity contribution in [2.45, 2.75) is 112 Å². The molecule has 6 atom stereocenters. The molecule has 476 valence electrons. The number of carboxylic acid groups (broad SMARTS) is 2. The number of carbonyl (C=O) groups is 12. The average Bonchev–Trinajstić information content (AvgIpc) is 1.66. The van der Waals surface area contributed by atoms with E-state index in [2.05, 4.69) is 34.4 Å². The molecule has 28 heteroatoms. The normalized spacial score (nSPS) is 17.3. The lowest BCUT2D eigenvalue weighted by molar-refractivity contribution is -0.145. The van der Waals surface area contributed by atoms with Crippen LogP contribution < -0.4 is 21.3 Å². The Hall–Kier alpha value is -8.60. The molecule has 4 aliphatic heterocycles. The van der Waals surface area contributed by atoms with E-state index in [1.54, 1.807) is 0 Å². The predicted molar refractivity (Wildman–Crippen MR) is 341 cm³/mol. The molecule has 2 fully saturated rings. The van der Waals surface area contributed by atoms with E-state index < -0.39 is 84.7 Å². The SMILES string of the molecule is C=C1CCC(N2C(=O)c3cccc(NC(=O)OC[C@H](C)SS[C@@H](C)CC(=O)N(CC(=O)O)Cc4ccccc4)c3C2=O)C(=O)N1.C=C1CCC(N2C(=O)c3cccc(NC(=O)OC[C@H](C)SS[C@H](C)CC(=O)N(CC(=O)O)Cc4ccccc4)c3C2=O)C(=O)N1. The number of carbonyl (C=O) groups excluding carboxylic acids is 10. The predicted octanol–water partition coefficient (Wildman–Crippen LogP) is 8.57. The number of allylic oxidation sites excluding steroid dienone is 2. The highest BCUT2D eigenvalue weighted by Gasteiger charge is 2.47. The van der Waals surface area contributed by atoms with Gasteiger partial charge in [0.25, 0.3) is 23.6 Å². The van der Waals surface area contributed by atoms with Crippen LogP contribution in [0, 0.1) is 0 Å². The van der Waals surface area contributed by atoms with Crippen molar-refractivity contribution in [1.29, 1.82) is 0 Å². The van der Waals surface area contributed by atoms with Crippen molar-refractivity contribution in [3.63, 3.8) is 0 Å². The van der Waals surface area contributed by atoms with Gasteiger partial charge >= 0.3 is 24.1 Å². The fraction of sp³-hybridized carbons (Fsp3) is 0.355. The molecule has 90 heavy (non-hydrogen) atoms. The molecule has 4 aromatic rings. The molecule has 0 aromatic heterocycles. The Morgan fingerprint density at radius 3 is 1.23 bits per heavy atom. The first kappa shape index (κ1) is 68.9. The molecule has 0 spiro atoms. The van der Waals surface area contributed by atoms with Crippen molar-refractivity contribution in [1.82, 2.24) is 30.2 Å². The Morgan fingerprint density at radius 2 is 0.889 bits per heavy atom. The Labute approximate surface area is 534 Å². The van der Waals surface area contributed by atoms with E-state index in [0.29, 0.717) is 24.2 Å². The van der Waals surface area contributed by atoms with Crippen LogP contribution in [-0.4, -0.2) is 161 Å². The third-order valence-electron chi connectivity index (χ3n) is 14.0. The second kappa shape index (κ2) is 32.2. The standard InChI is InChI=1S/2C31H34N4O8S2/c2*1-18-12-13-24(28(39)32-18)35-29(40)22-10-7-11-23(27(22)30(35)41)33-31(42)43-17-20(3)45-44-19(2)14-25(36)34(16-26(37)38)15-21-8-5-4-6-9-21/h2*4-11,19-20,24H,1,12-17H2,2-3H3,(H,32,39)(H,33,42)(H,37,38)/t19-,20+,24?;19-,20-,24?/m10/s1. The van der Waals surface area contributed by atoms with Crippen molar-refractivity contribution >= 4 is 126 Å². The monoisotopic (exact) mass is 1310 g/mol. The number of hydrogen-bond acceptors (Lipinski definition) is 18. The number of rotatable bonds is 26. The number of benzene rings is 4. The summed E-state index contributed by atoms with van der Waals surface area (Å²) in [7, 11) is 5.69. The Kier molecular flexibility index (Phi) is 24.7. The average molecular weight is 1310 g/mol. The molecule has 8 rings (SSSR count). The zero-order chi connectivity index (χ0) is 65.3. The van der Waals surface area contributed by atoms with Crippen LogP contribution >= 0.6 is 43.2 Å². The lowest BCUT2D eigenvalue weighted by atomic mass is 10.0. The summed E-state index contributed by atoms with van der Waals surface area (Å²) in [5, 5.41) is 28.2. The maximum atomic E-state index is 13.3. The van der Waals surface area contributed by atoms with Crippen LogP contribution in [0.1, 0.15) is 119 Å². The van der Waals surface area contributed by atoms with Gasteiger partial charge in [0.15, 0.2) is 0 Å².